The van der Waals surface area contributed by atoms with E-state index in [-0.39, 0.29) is 25.3 Å². The molecule has 1 N–H and O–H groups in total. The van der Waals surface area contributed by atoms with Gasteiger partial charge in [0.15, 0.2) is 0 Å². The highest BCUT2D eigenvalue weighted by molar-refractivity contribution is 14.1. The van der Waals surface area contributed by atoms with E-state index in [4.69, 9.17) is 0 Å². The Bertz CT molecular complexity index is 946. The van der Waals surface area contributed by atoms with Gasteiger partial charge in [-0.05, 0) is 59.3 Å². The number of nitrogens with zero attached hydrogens (tertiary/aromatic N) is 1. The van der Waals surface area contributed by atoms with Gasteiger partial charge in [-0.3, -0.25) is 14.9 Å². The number of non-ortho nitro benzene ring substituents is 1. The topological polar surface area (TPSA) is 106 Å². The second-order valence-electron chi connectivity index (χ2n) is 4.77. The molecular formula is C14H10FIN2O5S. The number of nitro benzene ring substituents is 1. The van der Waals surface area contributed by atoms with Crippen LogP contribution in [0.4, 0.5) is 10.1 Å². The van der Waals surface area contributed by atoms with Gasteiger partial charge in [-0.2, -0.15) is 0 Å². The van der Waals surface area contributed by atoms with Gasteiger partial charge in [-0.25, -0.2) is 17.5 Å². The Morgan fingerprint density at radius 2 is 1.92 bits per heavy atom. The lowest BCUT2D eigenvalue weighted by molar-refractivity contribution is -0.385. The summed E-state index contributed by atoms with van der Waals surface area (Å²) in [6.07, 6.45) is 0. The molecular weight excluding hydrogens is 454 g/mol. The number of carbonyl (C=O) groups excluding carboxylic acids is 1. The zero-order chi connectivity index (χ0) is 18.1. The van der Waals surface area contributed by atoms with Crippen molar-refractivity contribution >= 4 is 44.2 Å². The van der Waals surface area contributed by atoms with Crippen molar-refractivity contribution in [2.24, 2.45) is 0 Å². The smallest absolute Gasteiger partial charge is 0.268 e. The molecule has 0 atom stereocenters. The molecule has 2 aromatic rings. The minimum atomic E-state index is -4.23. The number of rotatable bonds is 4. The monoisotopic (exact) mass is 464 g/mol. The van der Waals surface area contributed by atoms with E-state index in [2.05, 4.69) is 0 Å². The van der Waals surface area contributed by atoms with E-state index in [0.29, 0.717) is 0 Å². The summed E-state index contributed by atoms with van der Waals surface area (Å²) < 4.78 is 39.8. The van der Waals surface area contributed by atoms with Crippen LogP contribution in [0.5, 0.6) is 0 Å². The largest absolute Gasteiger partial charge is 0.269 e. The van der Waals surface area contributed by atoms with Gasteiger partial charge in [-0.15, -0.1) is 0 Å². The number of sulfonamides is 1. The molecule has 0 aliphatic heterocycles. The quantitative estimate of drug-likeness (QED) is 0.426. The first-order valence-corrected chi connectivity index (χ1v) is 8.95. The summed E-state index contributed by atoms with van der Waals surface area (Å²) in [4.78, 5) is 21.9. The first kappa shape index (κ1) is 18.3. The van der Waals surface area contributed by atoms with E-state index in [1.165, 1.54) is 13.0 Å². The van der Waals surface area contributed by atoms with Gasteiger partial charge in [0.05, 0.1) is 15.4 Å². The van der Waals surface area contributed by atoms with Crippen LogP contribution < -0.4 is 4.72 Å². The van der Waals surface area contributed by atoms with Crippen molar-refractivity contribution in [1.82, 2.24) is 4.72 Å². The third-order valence-corrected chi connectivity index (χ3v) is 5.45. The fraction of sp³-hybridized carbons (Fsp3) is 0.0714. The minimum absolute atomic E-state index is 0.000129. The summed E-state index contributed by atoms with van der Waals surface area (Å²) in [5.74, 6) is -1.47. The van der Waals surface area contributed by atoms with Crippen molar-refractivity contribution in [1.29, 1.82) is 0 Å². The van der Waals surface area contributed by atoms with Gasteiger partial charge in [0, 0.05) is 15.7 Å². The van der Waals surface area contributed by atoms with Crippen LogP contribution in [0.25, 0.3) is 0 Å². The van der Waals surface area contributed by atoms with Crippen molar-refractivity contribution in [3.8, 4) is 0 Å². The Morgan fingerprint density at radius 3 is 2.46 bits per heavy atom. The average molecular weight is 464 g/mol. The molecule has 0 aromatic heterocycles. The highest BCUT2D eigenvalue weighted by Gasteiger charge is 2.23. The predicted molar refractivity (Wildman–Crippen MR) is 91.6 cm³/mol. The molecule has 0 heterocycles. The number of carbonyl (C=O) groups is 1. The number of aryl methyl sites for hydroxylation is 1. The van der Waals surface area contributed by atoms with E-state index < -0.39 is 26.7 Å². The van der Waals surface area contributed by atoms with Crippen LogP contribution in [0.3, 0.4) is 0 Å². The van der Waals surface area contributed by atoms with Gasteiger partial charge in [-0.1, -0.05) is 0 Å². The Hall–Kier alpha value is -2.08. The number of nitrogens with one attached hydrogen (secondary N) is 1. The van der Waals surface area contributed by atoms with Crippen molar-refractivity contribution < 1.29 is 22.5 Å². The second-order valence-corrected chi connectivity index (χ2v) is 7.58. The van der Waals surface area contributed by atoms with Crippen LogP contribution >= 0.6 is 22.6 Å². The van der Waals surface area contributed by atoms with Crippen LogP contribution in [0, 0.1) is 26.4 Å². The maximum absolute atomic E-state index is 13.1. The van der Waals surface area contributed by atoms with E-state index in [9.17, 15) is 27.7 Å². The summed E-state index contributed by atoms with van der Waals surface area (Å²) in [6, 6.07) is 6.50. The first-order chi connectivity index (χ1) is 11.1. The maximum Gasteiger partial charge on any atom is 0.269 e. The molecule has 0 aliphatic rings. The molecule has 0 saturated heterocycles. The van der Waals surface area contributed by atoms with Crippen LogP contribution in [-0.4, -0.2) is 19.2 Å². The summed E-state index contributed by atoms with van der Waals surface area (Å²) in [5, 5.41) is 10.7. The van der Waals surface area contributed by atoms with Crippen LogP contribution in [0.15, 0.2) is 41.3 Å². The highest BCUT2D eigenvalue weighted by atomic mass is 127. The number of nitro groups is 1. The number of hydrogen-bond donors (Lipinski definition) is 1. The molecule has 2 aromatic carbocycles. The lowest BCUT2D eigenvalue weighted by atomic mass is 10.2. The number of amides is 1. The van der Waals surface area contributed by atoms with E-state index in [1.807, 2.05) is 4.72 Å². The van der Waals surface area contributed by atoms with E-state index >= 15 is 0 Å². The molecule has 1 amide bonds. The second kappa shape index (κ2) is 6.81. The van der Waals surface area contributed by atoms with Crippen molar-refractivity contribution in [2.45, 2.75) is 11.8 Å². The lowest BCUT2D eigenvalue weighted by Crippen LogP contribution is -2.31. The molecule has 126 valence electrons. The van der Waals surface area contributed by atoms with Crippen LogP contribution in [0.1, 0.15) is 15.9 Å². The first-order valence-electron chi connectivity index (χ1n) is 6.39. The van der Waals surface area contributed by atoms with Gasteiger partial charge in [0.2, 0.25) is 0 Å². The van der Waals surface area contributed by atoms with Crippen LogP contribution in [0.2, 0.25) is 0 Å². The van der Waals surface area contributed by atoms with Gasteiger partial charge < -0.3 is 0 Å². The van der Waals surface area contributed by atoms with Gasteiger partial charge >= 0.3 is 0 Å². The number of hydrogen-bond acceptors (Lipinski definition) is 5. The Kier molecular flexibility index (Phi) is 5.18. The molecule has 7 nitrogen and oxygen atoms in total. The van der Waals surface area contributed by atoms with Crippen LogP contribution in [-0.2, 0) is 10.0 Å². The van der Waals surface area contributed by atoms with Crippen molar-refractivity contribution in [3.63, 3.8) is 0 Å². The molecule has 0 radical (unpaired) electrons. The molecule has 0 unspecified atom stereocenters. The zero-order valence-electron chi connectivity index (χ0n) is 12.1. The molecule has 0 aliphatic carbocycles. The fourth-order valence-corrected chi connectivity index (χ4v) is 3.87. The van der Waals surface area contributed by atoms with Gasteiger partial charge in [0.1, 0.15) is 5.82 Å². The summed E-state index contributed by atoms with van der Waals surface area (Å²) in [5.41, 5.74) is -0.135. The zero-order valence-corrected chi connectivity index (χ0v) is 15.1. The third-order valence-electron chi connectivity index (χ3n) is 3.06. The molecule has 10 heteroatoms. The summed E-state index contributed by atoms with van der Waals surface area (Å²) in [7, 11) is -4.23. The normalized spacial score (nSPS) is 11.1. The molecule has 0 spiro atoms. The minimum Gasteiger partial charge on any atom is -0.268 e. The summed E-state index contributed by atoms with van der Waals surface area (Å²) >= 11 is 1.72. The molecule has 0 bridgehead atoms. The van der Waals surface area contributed by atoms with E-state index in [0.717, 1.165) is 30.3 Å². The van der Waals surface area contributed by atoms with E-state index in [1.54, 1.807) is 22.6 Å². The van der Waals surface area contributed by atoms with Crippen molar-refractivity contribution in [3.05, 3.63) is 67.0 Å². The Balaban J connectivity index is 2.34. The Morgan fingerprint density at radius 1 is 1.25 bits per heavy atom. The Labute approximate surface area is 150 Å². The standard InChI is InChI=1S/C14H10FIN2O5S/c1-8-6-10(18(20)21)3-5-13(8)24(22,23)17-14(19)11-4-2-9(15)7-12(11)16/h2-7H,1H3,(H,17,19). The summed E-state index contributed by atoms with van der Waals surface area (Å²) in [6.45, 7) is 1.38. The predicted octanol–water partition coefficient (Wildman–Crippen LogP) is 2.77. The van der Waals surface area contributed by atoms with Crippen molar-refractivity contribution in [2.75, 3.05) is 0 Å². The molecule has 0 fully saturated rings. The fourth-order valence-electron chi connectivity index (χ4n) is 1.95. The maximum atomic E-state index is 13.1. The third kappa shape index (κ3) is 3.87. The van der Waals surface area contributed by atoms with Gasteiger partial charge in [0.25, 0.3) is 21.6 Å². The number of halogens is 2. The number of benzene rings is 2. The molecule has 2 rings (SSSR count). The highest BCUT2D eigenvalue weighted by Crippen LogP contribution is 2.22. The average Bonchev–Trinajstić information content (AvgIpc) is 2.45. The SMILES string of the molecule is Cc1cc([N+](=O)[O-])ccc1S(=O)(=O)NC(=O)c1ccc(F)cc1I. The molecule has 24 heavy (non-hydrogen) atoms. The lowest BCUT2D eigenvalue weighted by Gasteiger charge is -2.10. The molecule has 0 saturated carbocycles.